The van der Waals surface area contributed by atoms with Gasteiger partial charge in [0.1, 0.15) is 0 Å². The van der Waals surface area contributed by atoms with Gasteiger partial charge in [0.05, 0.1) is 0 Å². The van der Waals surface area contributed by atoms with Crippen molar-refractivity contribution in [3.63, 3.8) is 0 Å². The molecule has 100 valence electrons. The van der Waals surface area contributed by atoms with E-state index in [1.807, 2.05) is 6.92 Å². The van der Waals surface area contributed by atoms with Crippen molar-refractivity contribution < 1.29 is 14.7 Å². The summed E-state index contributed by atoms with van der Waals surface area (Å²) in [6.45, 7) is 2.56. The fraction of sp³-hybridized carbons (Fsp3) is 0.833. The summed E-state index contributed by atoms with van der Waals surface area (Å²) in [7, 11) is 0. The van der Waals surface area contributed by atoms with Crippen LogP contribution in [0.2, 0.25) is 0 Å². The van der Waals surface area contributed by atoms with Gasteiger partial charge in [0.15, 0.2) is 0 Å². The minimum absolute atomic E-state index is 0.0489. The maximum absolute atomic E-state index is 11.3. The van der Waals surface area contributed by atoms with Gasteiger partial charge in [-0.1, -0.05) is 12.8 Å². The van der Waals surface area contributed by atoms with Gasteiger partial charge in [0.25, 0.3) is 0 Å². The molecular weight excluding hydrogens is 220 g/mol. The quantitative estimate of drug-likeness (QED) is 0.504. The Morgan fingerprint density at radius 2 is 1.82 bits per heavy atom. The van der Waals surface area contributed by atoms with Gasteiger partial charge in [-0.05, 0) is 26.2 Å². The summed E-state index contributed by atoms with van der Waals surface area (Å²) in [4.78, 5) is 21.5. The summed E-state index contributed by atoms with van der Waals surface area (Å²) in [5.41, 5.74) is 5.55. The molecule has 0 fully saturated rings. The van der Waals surface area contributed by atoms with Gasteiger partial charge < -0.3 is 16.2 Å². The van der Waals surface area contributed by atoms with Crippen molar-refractivity contribution in [2.24, 2.45) is 5.73 Å². The summed E-state index contributed by atoms with van der Waals surface area (Å²) in [5, 5.41) is 11.3. The highest BCUT2D eigenvalue weighted by Gasteiger charge is 2.02. The van der Waals surface area contributed by atoms with Crippen LogP contribution in [0.25, 0.3) is 0 Å². The van der Waals surface area contributed by atoms with Crippen LogP contribution >= 0.6 is 0 Å². The molecule has 1 unspecified atom stereocenters. The van der Waals surface area contributed by atoms with E-state index in [9.17, 15) is 9.59 Å². The second-order valence-electron chi connectivity index (χ2n) is 4.42. The summed E-state index contributed by atoms with van der Waals surface area (Å²) in [6, 6.07) is 0.0665. The maximum atomic E-state index is 11.3. The Hall–Kier alpha value is -1.10. The molecule has 0 rings (SSSR count). The van der Waals surface area contributed by atoms with Crippen molar-refractivity contribution in [3.05, 3.63) is 0 Å². The third-order valence-electron chi connectivity index (χ3n) is 2.47. The van der Waals surface area contributed by atoms with E-state index in [4.69, 9.17) is 10.8 Å². The van der Waals surface area contributed by atoms with Gasteiger partial charge in [-0.15, -0.1) is 0 Å². The van der Waals surface area contributed by atoms with Crippen LogP contribution in [0.4, 0.5) is 0 Å². The first-order valence-electron chi connectivity index (χ1n) is 6.26. The van der Waals surface area contributed by atoms with E-state index in [1.54, 1.807) is 0 Å². The Labute approximate surface area is 103 Å². The molecule has 17 heavy (non-hydrogen) atoms. The number of amides is 1. The minimum atomic E-state index is -0.741. The Morgan fingerprint density at radius 3 is 2.41 bits per heavy atom. The Morgan fingerprint density at radius 1 is 1.18 bits per heavy atom. The van der Waals surface area contributed by atoms with Crippen LogP contribution in [0.3, 0.4) is 0 Å². The number of aliphatic carboxylic acids is 1. The van der Waals surface area contributed by atoms with E-state index in [2.05, 4.69) is 5.32 Å². The Kier molecular flexibility index (Phi) is 9.43. The van der Waals surface area contributed by atoms with Crippen LogP contribution in [0.5, 0.6) is 0 Å². The molecule has 0 saturated heterocycles. The van der Waals surface area contributed by atoms with Crippen molar-refractivity contribution >= 4 is 11.9 Å². The molecule has 0 spiro atoms. The van der Waals surface area contributed by atoms with Gasteiger partial charge in [-0.25, -0.2) is 0 Å². The smallest absolute Gasteiger partial charge is 0.303 e. The standard InChI is InChI=1S/C12H24N2O3/c1-10(13)7-8-11(15)14-9-5-3-2-4-6-12(16)17/h10H,2-9,13H2,1H3,(H,14,15)(H,16,17). The van der Waals surface area contributed by atoms with Crippen molar-refractivity contribution in [3.8, 4) is 0 Å². The van der Waals surface area contributed by atoms with Crippen molar-refractivity contribution in [2.45, 2.75) is 57.9 Å². The Balaban J connectivity index is 3.22. The lowest BCUT2D eigenvalue weighted by Crippen LogP contribution is -2.26. The van der Waals surface area contributed by atoms with Crippen LogP contribution < -0.4 is 11.1 Å². The molecule has 0 saturated carbocycles. The molecule has 1 amide bonds. The molecule has 0 aliphatic heterocycles. The highest BCUT2D eigenvalue weighted by Crippen LogP contribution is 2.02. The van der Waals surface area contributed by atoms with Gasteiger partial charge in [-0.2, -0.15) is 0 Å². The van der Waals surface area contributed by atoms with Gasteiger partial charge >= 0.3 is 5.97 Å². The average Bonchev–Trinajstić information content (AvgIpc) is 2.24. The lowest BCUT2D eigenvalue weighted by molar-refractivity contribution is -0.137. The van der Waals surface area contributed by atoms with Gasteiger partial charge in [0.2, 0.25) is 5.91 Å². The molecule has 0 aromatic heterocycles. The summed E-state index contributed by atoms with van der Waals surface area (Å²) >= 11 is 0. The number of carboxylic acid groups (broad SMARTS) is 1. The second-order valence-corrected chi connectivity index (χ2v) is 4.42. The van der Waals surface area contributed by atoms with Crippen molar-refractivity contribution in [2.75, 3.05) is 6.54 Å². The molecule has 0 aliphatic rings. The number of hydrogen-bond donors (Lipinski definition) is 3. The molecular formula is C12H24N2O3. The number of rotatable bonds is 10. The number of unbranched alkanes of at least 4 members (excludes halogenated alkanes) is 3. The molecule has 0 bridgehead atoms. The first-order chi connectivity index (χ1) is 8.02. The predicted molar refractivity (Wildman–Crippen MR) is 66.6 cm³/mol. The molecule has 4 N–H and O–H groups in total. The monoisotopic (exact) mass is 244 g/mol. The summed E-state index contributed by atoms with van der Waals surface area (Å²) < 4.78 is 0. The zero-order chi connectivity index (χ0) is 13.1. The van der Waals surface area contributed by atoms with E-state index >= 15 is 0 Å². The first kappa shape index (κ1) is 15.9. The second kappa shape index (κ2) is 10.1. The third-order valence-corrected chi connectivity index (χ3v) is 2.47. The largest absolute Gasteiger partial charge is 0.481 e. The summed E-state index contributed by atoms with van der Waals surface area (Å²) in [5.74, 6) is -0.693. The molecule has 0 aromatic carbocycles. The number of hydrogen-bond acceptors (Lipinski definition) is 3. The maximum Gasteiger partial charge on any atom is 0.303 e. The molecule has 5 nitrogen and oxygen atoms in total. The van der Waals surface area contributed by atoms with E-state index < -0.39 is 5.97 Å². The number of carbonyl (C=O) groups excluding carboxylic acids is 1. The SMILES string of the molecule is CC(N)CCC(=O)NCCCCCCC(=O)O. The highest BCUT2D eigenvalue weighted by atomic mass is 16.4. The van der Waals surface area contributed by atoms with E-state index in [-0.39, 0.29) is 18.4 Å². The lowest BCUT2D eigenvalue weighted by Gasteiger charge is -2.06. The van der Waals surface area contributed by atoms with Crippen LogP contribution in [0, 0.1) is 0 Å². The fourth-order valence-corrected chi connectivity index (χ4v) is 1.43. The number of nitrogens with one attached hydrogen (secondary N) is 1. The van der Waals surface area contributed by atoms with E-state index in [0.717, 1.165) is 19.3 Å². The van der Waals surface area contributed by atoms with Crippen molar-refractivity contribution in [1.82, 2.24) is 5.32 Å². The minimum Gasteiger partial charge on any atom is -0.481 e. The fourth-order valence-electron chi connectivity index (χ4n) is 1.43. The van der Waals surface area contributed by atoms with Gasteiger partial charge in [-0.3, -0.25) is 9.59 Å². The zero-order valence-corrected chi connectivity index (χ0v) is 10.6. The van der Waals surface area contributed by atoms with Crippen LogP contribution in [0.15, 0.2) is 0 Å². The van der Waals surface area contributed by atoms with Crippen LogP contribution in [0.1, 0.15) is 51.9 Å². The Bertz CT molecular complexity index is 230. The average molecular weight is 244 g/mol. The molecule has 5 heteroatoms. The molecule has 0 aliphatic carbocycles. The molecule has 0 aromatic rings. The normalized spacial score (nSPS) is 12.1. The zero-order valence-electron chi connectivity index (χ0n) is 10.6. The van der Waals surface area contributed by atoms with E-state index in [1.165, 1.54) is 0 Å². The molecule has 1 atom stereocenters. The van der Waals surface area contributed by atoms with E-state index in [0.29, 0.717) is 25.8 Å². The summed E-state index contributed by atoms with van der Waals surface area (Å²) in [6.07, 6.45) is 4.92. The number of nitrogens with two attached hydrogens (primary N) is 1. The molecule has 0 heterocycles. The predicted octanol–water partition coefficient (Wildman–Crippen LogP) is 1.27. The lowest BCUT2D eigenvalue weighted by atomic mass is 10.1. The van der Waals surface area contributed by atoms with Crippen molar-refractivity contribution in [1.29, 1.82) is 0 Å². The van der Waals surface area contributed by atoms with Crippen LogP contribution in [-0.4, -0.2) is 29.6 Å². The molecule has 0 radical (unpaired) electrons. The van der Waals surface area contributed by atoms with Gasteiger partial charge in [0, 0.05) is 25.4 Å². The first-order valence-corrected chi connectivity index (χ1v) is 6.26. The third kappa shape index (κ3) is 12.8. The highest BCUT2D eigenvalue weighted by molar-refractivity contribution is 5.75. The topological polar surface area (TPSA) is 92.4 Å². The number of carbonyl (C=O) groups is 2. The van der Waals surface area contributed by atoms with Crippen LogP contribution in [-0.2, 0) is 9.59 Å². The number of carboxylic acids is 1.